The summed E-state index contributed by atoms with van der Waals surface area (Å²) in [5.41, 5.74) is 0. The molecule has 1 aliphatic rings. The summed E-state index contributed by atoms with van der Waals surface area (Å²) in [5.74, 6) is 0.124. The van der Waals surface area contributed by atoms with Crippen LogP contribution in [0, 0.1) is 5.92 Å². The van der Waals surface area contributed by atoms with E-state index in [1.165, 1.54) is 17.3 Å². The number of nitrogens with zero attached hydrogens (tertiary/aromatic N) is 3. The van der Waals surface area contributed by atoms with Crippen molar-refractivity contribution in [3.63, 3.8) is 0 Å². The van der Waals surface area contributed by atoms with Crippen LogP contribution in [0.15, 0.2) is 12.4 Å². The molecule has 2 rings (SSSR count). The van der Waals surface area contributed by atoms with E-state index in [-0.39, 0.29) is 49.0 Å². The van der Waals surface area contributed by atoms with Gasteiger partial charge in [-0.3, -0.25) is 9.36 Å². The Bertz CT molecular complexity index is 439. The van der Waals surface area contributed by atoms with Crippen molar-refractivity contribution < 1.29 is 13.6 Å². The highest BCUT2D eigenvalue weighted by Crippen LogP contribution is 2.16. The molecule has 1 fully saturated rings. The number of carbonyl (C=O) groups excluding carboxylic acids is 1. The number of rotatable bonds is 4. The van der Waals surface area contributed by atoms with E-state index in [0.717, 1.165) is 24.0 Å². The number of nitrogens with one attached hydrogen (secondary N) is 1. The Labute approximate surface area is 134 Å². The van der Waals surface area contributed by atoms with Gasteiger partial charge in [0.25, 0.3) is 0 Å². The minimum Gasteiger partial charge on any atom is -0.338 e. The first-order valence-electron chi connectivity index (χ1n) is 6.35. The highest BCUT2D eigenvalue weighted by atomic mass is 35.5. The predicted octanol–water partition coefficient (Wildman–Crippen LogP) is 2.08. The summed E-state index contributed by atoms with van der Waals surface area (Å²) >= 11 is 0. The van der Waals surface area contributed by atoms with Gasteiger partial charge in [0, 0.05) is 26.0 Å². The summed E-state index contributed by atoms with van der Waals surface area (Å²) in [6, 6.07) is 0. The molecular weight excluding hydrogens is 325 g/mol. The quantitative estimate of drug-likeness (QED) is 0.909. The third-order valence-electron chi connectivity index (χ3n) is 3.36. The molecule has 0 bridgehead atoms. The van der Waals surface area contributed by atoms with Crippen LogP contribution < -0.4 is 5.32 Å². The summed E-state index contributed by atoms with van der Waals surface area (Å²) in [7, 11) is 1.63. The average Bonchev–Trinajstić information content (AvgIpc) is 2.87. The molecule has 0 radical (unpaired) electrons. The third kappa shape index (κ3) is 5.09. The van der Waals surface area contributed by atoms with E-state index >= 15 is 0 Å². The van der Waals surface area contributed by atoms with Crippen molar-refractivity contribution in [3.05, 3.63) is 18.2 Å². The van der Waals surface area contributed by atoms with Crippen molar-refractivity contribution in [2.24, 2.45) is 5.92 Å². The second-order valence-electron chi connectivity index (χ2n) is 4.77. The monoisotopic (exact) mass is 344 g/mol. The maximum absolute atomic E-state index is 12.7. The van der Waals surface area contributed by atoms with Crippen molar-refractivity contribution in [3.8, 4) is 0 Å². The molecule has 9 heteroatoms. The molecule has 0 saturated carbocycles. The van der Waals surface area contributed by atoms with Crippen LogP contribution in [0.4, 0.5) is 8.78 Å². The maximum Gasteiger partial charge on any atom is 0.319 e. The standard InChI is InChI=1S/C12H18F2N4O.2ClH/c1-17(11(19)9-3-2-4-15-7-9)8-10-16-5-6-18(10)12(13)14;;/h5-6,9,12,15H,2-4,7-8H2,1H3;2*1H. The van der Waals surface area contributed by atoms with Crippen LogP contribution in [0.3, 0.4) is 0 Å². The topological polar surface area (TPSA) is 50.2 Å². The first-order chi connectivity index (χ1) is 9.09. The highest BCUT2D eigenvalue weighted by Gasteiger charge is 2.25. The lowest BCUT2D eigenvalue weighted by Gasteiger charge is -2.26. The number of piperidine rings is 1. The van der Waals surface area contributed by atoms with Gasteiger partial charge in [0.05, 0.1) is 12.5 Å². The van der Waals surface area contributed by atoms with E-state index in [1.807, 2.05) is 0 Å². The van der Waals surface area contributed by atoms with Crippen LogP contribution in [-0.2, 0) is 11.3 Å². The average molecular weight is 345 g/mol. The van der Waals surface area contributed by atoms with Crippen LogP contribution >= 0.6 is 24.8 Å². The molecule has 1 atom stereocenters. The number of hydrogen-bond donors (Lipinski definition) is 1. The summed E-state index contributed by atoms with van der Waals surface area (Å²) in [6.45, 7) is -0.931. The minimum atomic E-state index is -2.63. The van der Waals surface area contributed by atoms with Gasteiger partial charge >= 0.3 is 6.55 Å². The molecule has 1 amide bonds. The molecule has 122 valence electrons. The largest absolute Gasteiger partial charge is 0.338 e. The third-order valence-corrected chi connectivity index (χ3v) is 3.36. The first-order valence-corrected chi connectivity index (χ1v) is 6.35. The van der Waals surface area contributed by atoms with Gasteiger partial charge in [-0.25, -0.2) is 4.98 Å². The van der Waals surface area contributed by atoms with Crippen molar-refractivity contribution in [1.82, 2.24) is 19.8 Å². The predicted molar refractivity (Wildman–Crippen MR) is 80.0 cm³/mol. The Morgan fingerprint density at radius 3 is 2.86 bits per heavy atom. The fourth-order valence-corrected chi connectivity index (χ4v) is 2.31. The molecule has 1 aromatic heterocycles. The summed E-state index contributed by atoms with van der Waals surface area (Å²) in [4.78, 5) is 17.5. The highest BCUT2D eigenvalue weighted by molar-refractivity contribution is 5.85. The molecule has 2 heterocycles. The zero-order chi connectivity index (χ0) is 13.8. The number of halogens is 4. The number of carbonyl (C=O) groups is 1. The van der Waals surface area contributed by atoms with E-state index in [0.29, 0.717) is 6.54 Å². The van der Waals surface area contributed by atoms with Gasteiger partial charge < -0.3 is 10.2 Å². The lowest BCUT2D eigenvalue weighted by atomic mass is 9.98. The summed E-state index contributed by atoms with van der Waals surface area (Å²) in [6.07, 6.45) is 4.36. The fraction of sp³-hybridized carbons (Fsp3) is 0.667. The second kappa shape index (κ2) is 9.17. The normalized spacial score (nSPS) is 17.8. The lowest BCUT2D eigenvalue weighted by molar-refractivity contribution is -0.135. The summed E-state index contributed by atoms with van der Waals surface area (Å²) in [5, 5.41) is 3.17. The van der Waals surface area contributed by atoms with Gasteiger partial charge in [-0.05, 0) is 19.4 Å². The maximum atomic E-state index is 12.7. The van der Waals surface area contributed by atoms with E-state index in [4.69, 9.17) is 0 Å². The molecule has 1 saturated heterocycles. The molecule has 1 N–H and O–H groups in total. The van der Waals surface area contributed by atoms with Gasteiger partial charge in [0.2, 0.25) is 5.91 Å². The van der Waals surface area contributed by atoms with Crippen molar-refractivity contribution >= 4 is 30.7 Å². The second-order valence-corrected chi connectivity index (χ2v) is 4.77. The molecule has 1 aliphatic heterocycles. The Morgan fingerprint density at radius 1 is 1.57 bits per heavy atom. The lowest BCUT2D eigenvalue weighted by Crippen LogP contribution is -2.41. The van der Waals surface area contributed by atoms with E-state index in [9.17, 15) is 13.6 Å². The molecule has 0 aliphatic carbocycles. The smallest absolute Gasteiger partial charge is 0.319 e. The zero-order valence-electron chi connectivity index (χ0n) is 11.7. The van der Waals surface area contributed by atoms with Gasteiger partial charge in [-0.15, -0.1) is 24.8 Å². The molecule has 1 unspecified atom stereocenters. The van der Waals surface area contributed by atoms with Crippen molar-refractivity contribution in [2.75, 3.05) is 20.1 Å². The Hall–Kier alpha value is -0.920. The Morgan fingerprint density at radius 2 is 2.29 bits per heavy atom. The zero-order valence-corrected chi connectivity index (χ0v) is 13.3. The van der Waals surface area contributed by atoms with Crippen molar-refractivity contribution in [1.29, 1.82) is 0 Å². The van der Waals surface area contributed by atoms with Crippen LogP contribution in [0.2, 0.25) is 0 Å². The van der Waals surface area contributed by atoms with Crippen LogP contribution in [0.5, 0.6) is 0 Å². The number of imidazole rings is 1. The molecular formula is C12H20Cl2F2N4O. The van der Waals surface area contributed by atoms with Crippen molar-refractivity contribution in [2.45, 2.75) is 25.9 Å². The van der Waals surface area contributed by atoms with E-state index < -0.39 is 6.55 Å². The SMILES string of the molecule is CN(Cc1nccn1C(F)F)C(=O)C1CCCNC1.Cl.Cl. The molecule has 21 heavy (non-hydrogen) atoms. The number of hydrogen-bond acceptors (Lipinski definition) is 3. The van der Waals surface area contributed by atoms with Gasteiger partial charge in [-0.1, -0.05) is 0 Å². The van der Waals surface area contributed by atoms with Crippen LogP contribution in [0.25, 0.3) is 0 Å². The Balaban J connectivity index is 0.00000200. The first kappa shape index (κ1) is 20.1. The Kier molecular flexibility index (Phi) is 8.77. The molecule has 5 nitrogen and oxygen atoms in total. The van der Waals surface area contributed by atoms with E-state index in [2.05, 4.69) is 10.3 Å². The molecule has 0 aromatic carbocycles. The van der Waals surface area contributed by atoms with Gasteiger partial charge in [-0.2, -0.15) is 8.78 Å². The molecule has 0 spiro atoms. The molecule has 1 aromatic rings. The minimum absolute atomic E-state index is 0. The van der Waals surface area contributed by atoms with Gasteiger partial charge in [0.1, 0.15) is 5.82 Å². The fourth-order valence-electron chi connectivity index (χ4n) is 2.31. The number of alkyl halides is 2. The van der Waals surface area contributed by atoms with Crippen LogP contribution in [0.1, 0.15) is 25.2 Å². The van der Waals surface area contributed by atoms with E-state index in [1.54, 1.807) is 7.05 Å². The summed E-state index contributed by atoms with van der Waals surface area (Å²) < 4.78 is 26.1. The van der Waals surface area contributed by atoms with Gasteiger partial charge in [0.15, 0.2) is 0 Å². The number of amides is 1. The number of aromatic nitrogens is 2. The van der Waals surface area contributed by atoms with Crippen LogP contribution in [-0.4, -0.2) is 40.5 Å².